The fourth-order valence-corrected chi connectivity index (χ4v) is 5.80. The fraction of sp³-hybridized carbons (Fsp3) is 0.0303. The SMILES string of the molecule is O=C(CSc1cccc(NC(=O)/C(=C/c2ccc(Cl)cc2)NC(=O)c2ccccc2)c1)Nc1nc(-c2ccccc2Cl)cs1. The molecule has 0 aliphatic carbocycles. The number of nitrogens with zero attached hydrogens (tertiary/aromatic N) is 1. The number of amides is 3. The number of carbonyl (C=O) groups excluding carboxylic acids is 3. The number of thioether (sulfide) groups is 1. The first-order chi connectivity index (χ1) is 21.3. The third kappa shape index (κ3) is 8.58. The molecule has 0 aliphatic heterocycles. The van der Waals surface area contributed by atoms with Crippen LogP contribution < -0.4 is 16.0 Å². The van der Waals surface area contributed by atoms with E-state index in [1.165, 1.54) is 23.1 Å². The van der Waals surface area contributed by atoms with Gasteiger partial charge in [-0.25, -0.2) is 4.98 Å². The predicted octanol–water partition coefficient (Wildman–Crippen LogP) is 8.26. The molecule has 0 saturated carbocycles. The van der Waals surface area contributed by atoms with Gasteiger partial charge in [-0.1, -0.05) is 77.8 Å². The molecule has 0 aliphatic rings. The minimum Gasteiger partial charge on any atom is -0.321 e. The molecular formula is C33H24Cl2N4O3S2. The Morgan fingerprint density at radius 3 is 2.36 bits per heavy atom. The van der Waals surface area contributed by atoms with Gasteiger partial charge < -0.3 is 16.0 Å². The van der Waals surface area contributed by atoms with Crippen LogP contribution in [0.5, 0.6) is 0 Å². The number of aromatic nitrogens is 1. The van der Waals surface area contributed by atoms with Gasteiger partial charge in [0, 0.05) is 37.1 Å². The molecule has 0 saturated heterocycles. The molecule has 1 aromatic heterocycles. The van der Waals surface area contributed by atoms with Crippen LogP contribution in [-0.2, 0) is 9.59 Å². The molecule has 0 bridgehead atoms. The van der Waals surface area contributed by atoms with Gasteiger partial charge in [0.25, 0.3) is 11.8 Å². The van der Waals surface area contributed by atoms with Crippen LogP contribution >= 0.6 is 46.3 Å². The van der Waals surface area contributed by atoms with Crippen molar-refractivity contribution in [3.05, 3.63) is 135 Å². The molecule has 3 N–H and O–H groups in total. The van der Waals surface area contributed by atoms with Crippen molar-refractivity contribution in [3.8, 4) is 11.3 Å². The van der Waals surface area contributed by atoms with E-state index in [4.69, 9.17) is 23.2 Å². The first kappa shape index (κ1) is 31.0. The molecule has 0 spiro atoms. The first-order valence-electron chi connectivity index (χ1n) is 13.2. The Hall–Kier alpha value is -4.41. The summed E-state index contributed by atoms with van der Waals surface area (Å²) in [5.41, 5.74) is 3.14. The fourth-order valence-electron chi connectivity index (χ4n) is 3.96. The van der Waals surface area contributed by atoms with Crippen LogP contribution in [0.2, 0.25) is 10.0 Å². The zero-order valence-electron chi connectivity index (χ0n) is 22.9. The Balaban J connectivity index is 1.22. The topological polar surface area (TPSA) is 100 Å². The summed E-state index contributed by atoms with van der Waals surface area (Å²) in [5, 5.41) is 11.8. The average Bonchev–Trinajstić information content (AvgIpc) is 3.49. The lowest BCUT2D eigenvalue weighted by Gasteiger charge is -2.12. The van der Waals surface area contributed by atoms with Crippen LogP contribution in [0.15, 0.2) is 119 Å². The minimum absolute atomic E-state index is 0.0539. The Labute approximate surface area is 272 Å². The zero-order chi connectivity index (χ0) is 30.9. The zero-order valence-corrected chi connectivity index (χ0v) is 26.1. The number of rotatable bonds is 10. The van der Waals surface area contributed by atoms with E-state index < -0.39 is 11.8 Å². The maximum atomic E-state index is 13.4. The summed E-state index contributed by atoms with van der Waals surface area (Å²) in [5.74, 6) is -1.02. The van der Waals surface area contributed by atoms with Gasteiger partial charge in [-0.2, -0.15) is 0 Å². The minimum atomic E-state index is -0.512. The number of benzene rings is 4. The second-order valence-corrected chi connectivity index (χ2v) is 12.0. The molecule has 44 heavy (non-hydrogen) atoms. The van der Waals surface area contributed by atoms with E-state index in [2.05, 4.69) is 20.9 Å². The van der Waals surface area contributed by atoms with Gasteiger partial charge in [0.15, 0.2) is 5.13 Å². The molecule has 0 unspecified atom stereocenters. The standard InChI is InChI=1S/C33H24Cl2N4O3S2/c34-23-15-13-21(14-16-23)17-28(37-31(41)22-7-2-1-3-8-22)32(42)36-24-9-6-10-25(18-24)43-20-30(40)39-33-38-29(19-44-33)26-11-4-5-12-27(26)35/h1-19H,20H2,(H,36,42)(H,37,41)(H,38,39,40)/b28-17-. The number of thiazole rings is 1. The quantitative estimate of drug-likeness (QED) is 0.104. The van der Waals surface area contributed by atoms with E-state index in [1.807, 2.05) is 29.6 Å². The van der Waals surface area contributed by atoms with Crippen molar-refractivity contribution < 1.29 is 14.4 Å². The molecule has 11 heteroatoms. The second-order valence-electron chi connectivity index (χ2n) is 9.27. The monoisotopic (exact) mass is 658 g/mol. The summed E-state index contributed by atoms with van der Waals surface area (Å²) in [6.45, 7) is 0. The predicted molar refractivity (Wildman–Crippen MR) is 180 cm³/mol. The van der Waals surface area contributed by atoms with Gasteiger partial charge in [-0.05, 0) is 60.2 Å². The van der Waals surface area contributed by atoms with Crippen LogP contribution in [0.25, 0.3) is 17.3 Å². The van der Waals surface area contributed by atoms with Gasteiger partial charge in [-0.15, -0.1) is 23.1 Å². The average molecular weight is 660 g/mol. The van der Waals surface area contributed by atoms with E-state index in [-0.39, 0.29) is 17.4 Å². The second kappa shape index (κ2) is 14.9. The number of anilines is 2. The van der Waals surface area contributed by atoms with Crippen molar-refractivity contribution >= 4 is 80.9 Å². The lowest BCUT2D eigenvalue weighted by atomic mass is 10.1. The molecule has 220 valence electrons. The lowest BCUT2D eigenvalue weighted by molar-refractivity contribution is -0.114. The summed E-state index contributed by atoms with van der Waals surface area (Å²) < 4.78 is 0. The summed E-state index contributed by atoms with van der Waals surface area (Å²) in [6.07, 6.45) is 1.57. The van der Waals surface area contributed by atoms with Crippen LogP contribution in [0.3, 0.4) is 0 Å². The highest BCUT2D eigenvalue weighted by atomic mass is 35.5. The third-order valence-electron chi connectivity index (χ3n) is 6.07. The van der Waals surface area contributed by atoms with Gasteiger partial charge in [0.2, 0.25) is 5.91 Å². The maximum absolute atomic E-state index is 13.4. The molecule has 4 aromatic carbocycles. The highest BCUT2D eigenvalue weighted by Crippen LogP contribution is 2.30. The Morgan fingerprint density at radius 2 is 1.59 bits per heavy atom. The number of hydrogen-bond donors (Lipinski definition) is 3. The number of halogens is 2. The third-order valence-corrected chi connectivity index (χ3v) is 8.41. The van der Waals surface area contributed by atoms with E-state index in [0.717, 1.165) is 10.5 Å². The molecule has 5 aromatic rings. The van der Waals surface area contributed by atoms with Gasteiger partial charge in [0.05, 0.1) is 11.4 Å². The van der Waals surface area contributed by atoms with E-state index in [0.29, 0.717) is 37.7 Å². The van der Waals surface area contributed by atoms with Crippen molar-refractivity contribution in [1.82, 2.24) is 10.3 Å². The van der Waals surface area contributed by atoms with Crippen molar-refractivity contribution in [2.45, 2.75) is 4.90 Å². The summed E-state index contributed by atoms with van der Waals surface area (Å²) in [6, 6.07) is 30.0. The number of carbonyl (C=O) groups is 3. The van der Waals surface area contributed by atoms with Crippen LogP contribution in [0.1, 0.15) is 15.9 Å². The maximum Gasteiger partial charge on any atom is 0.272 e. The van der Waals surface area contributed by atoms with Gasteiger partial charge in [-0.3, -0.25) is 14.4 Å². The summed E-state index contributed by atoms with van der Waals surface area (Å²) in [4.78, 5) is 44.1. The van der Waals surface area contributed by atoms with Crippen molar-refractivity contribution in [2.75, 3.05) is 16.4 Å². The Bertz CT molecular complexity index is 1830. The van der Waals surface area contributed by atoms with Crippen molar-refractivity contribution in [1.29, 1.82) is 0 Å². The Kier molecular flexibility index (Phi) is 10.5. The molecular weight excluding hydrogens is 635 g/mol. The number of nitrogens with one attached hydrogen (secondary N) is 3. The van der Waals surface area contributed by atoms with Gasteiger partial charge in [0.1, 0.15) is 5.70 Å². The smallest absolute Gasteiger partial charge is 0.272 e. The largest absolute Gasteiger partial charge is 0.321 e. The van der Waals surface area contributed by atoms with Crippen molar-refractivity contribution in [3.63, 3.8) is 0 Å². The summed E-state index contributed by atoms with van der Waals surface area (Å²) in [7, 11) is 0. The molecule has 0 radical (unpaired) electrons. The highest BCUT2D eigenvalue weighted by molar-refractivity contribution is 8.00. The molecule has 0 atom stereocenters. The van der Waals surface area contributed by atoms with Crippen LogP contribution in [0.4, 0.5) is 10.8 Å². The molecule has 7 nitrogen and oxygen atoms in total. The van der Waals surface area contributed by atoms with Crippen LogP contribution in [0, 0.1) is 0 Å². The summed E-state index contributed by atoms with van der Waals surface area (Å²) >= 11 is 14.9. The van der Waals surface area contributed by atoms with E-state index in [1.54, 1.807) is 84.9 Å². The molecule has 3 amide bonds. The first-order valence-corrected chi connectivity index (χ1v) is 15.8. The molecule has 1 heterocycles. The van der Waals surface area contributed by atoms with E-state index >= 15 is 0 Å². The lowest BCUT2D eigenvalue weighted by Crippen LogP contribution is -2.30. The van der Waals surface area contributed by atoms with Crippen molar-refractivity contribution in [2.24, 2.45) is 0 Å². The number of hydrogen-bond acceptors (Lipinski definition) is 6. The van der Waals surface area contributed by atoms with E-state index in [9.17, 15) is 14.4 Å². The Morgan fingerprint density at radius 1 is 0.841 bits per heavy atom. The highest BCUT2D eigenvalue weighted by Gasteiger charge is 2.16. The molecule has 0 fully saturated rings. The normalized spacial score (nSPS) is 11.1. The van der Waals surface area contributed by atoms with Crippen LogP contribution in [-0.4, -0.2) is 28.5 Å². The molecule has 5 rings (SSSR count). The van der Waals surface area contributed by atoms with Gasteiger partial charge >= 0.3 is 0 Å².